The Morgan fingerprint density at radius 3 is 2.46 bits per heavy atom. The third-order valence-corrected chi connectivity index (χ3v) is 5.95. The van der Waals surface area contributed by atoms with Gasteiger partial charge in [0.05, 0.1) is 16.8 Å². The molecule has 0 fully saturated rings. The highest BCUT2D eigenvalue weighted by Gasteiger charge is 2.17. The summed E-state index contributed by atoms with van der Waals surface area (Å²) in [4.78, 5) is 25.2. The Balaban J connectivity index is 1.54. The number of halogens is 2. The van der Waals surface area contributed by atoms with Gasteiger partial charge in [-0.25, -0.2) is 10.2 Å². The molecule has 0 spiro atoms. The van der Waals surface area contributed by atoms with Crippen LogP contribution in [0.3, 0.4) is 0 Å². The van der Waals surface area contributed by atoms with E-state index in [0.29, 0.717) is 16.3 Å². The number of nitrogens with zero attached hydrogens (tertiary/aromatic N) is 1. The Hall–Kier alpha value is -3.68. The molecule has 1 atom stereocenters. The van der Waals surface area contributed by atoms with Crippen LogP contribution >= 0.6 is 27.5 Å². The van der Waals surface area contributed by atoms with Crippen LogP contribution in [0.15, 0.2) is 94.5 Å². The Morgan fingerprint density at radius 2 is 1.69 bits per heavy atom. The molecule has 0 saturated carbocycles. The summed E-state index contributed by atoms with van der Waals surface area (Å²) in [6.45, 7) is 1.63. The Labute approximate surface area is 215 Å². The van der Waals surface area contributed by atoms with Crippen LogP contribution in [0.2, 0.25) is 5.02 Å². The highest BCUT2D eigenvalue weighted by molar-refractivity contribution is 9.10. The number of rotatable bonds is 7. The molecule has 4 rings (SSSR count). The number of hydrazone groups is 1. The van der Waals surface area contributed by atoms with Crippen molar-refractivity contribution in [2.24, 2.45) is 5.10 Å². The maximum absolute atomic E-state index is 12.7. The summed E-state index contributed by atoms with van der Waals surface area (Å²) < 4.78 is 12.2. The van der Waals surface area contributed by atoms with E-state index >= 15 is 0 Å². The van der Waals surface area contributed by atoms with Gasteiger partial charge >= 0.3 is 5.97 Å². The predicted molar refractivity (Wildman–Crippen MR) is 140 cm³/mol. The molecule has 0 bridgehead atoms. The summed E-state index contributed by atoms with van der Waals surface area (Å²) in [7, 11) is 0. The zero-order valence-corrected chi connectivity index (χ0v) is 20.9. The lowest BCUT2D eigenvalue weighted by atomic mass is 10.0. The normalized spacial score (nSPS) is 11.9. The fourth-order valence-corrected chi connectivity index (χ4v) is 3.78. The summed E-state index contributed by atoms with van der Waals surface area (Å²) >= 11 is 9.50. The molecule has 8 heteroatoms. The van der Waals surface area contributed by atoms with Gasteiger partial charge in [0, 0.05) is 10.0 Å². The quantitative estimate of drug-likeness (QED) is 0.125. The second kappa shape index (κ2) is 11.2. The number of ether oxygens (including phenoxy) is 2. The van der Waals surface area contributed by atoms with Gasteiger partial charge in [-0.3, -0.25) is 4.79 Å². The lowest BCUT2D eigenvalue weighted by Gasteiger charge is -2.13. The van der Waals surface area contributed by atoms with Crippen LogP contribution in [0.25, 0.3) is 10.8 Å². The fourth-order valence-electron chi connectivity index (χ4n) is 3.30. The molecule has 0 aromatic heterocycles. The smallest absolute Gasteiger partial charge is 0.345 e. The van der Waals surface area contributed by atoms with Crippen molar-refractivity contribution in [2.75, 3.05) is 0 Å². The van der Waals surface area contributed by atoms with Crippen molar-refractivity contribution in [3.05, 3.63) is 106 Å². The average molecular weight is 552 g/mol. The molecule has 0 aliphatic rings. The van der Waals surface area contributed by atoms with Gasteiger partial charge in [0.2, 0.25) is 0 Å². The molecule has 1 N–H and O–H groups in total. The van der Waals surface area contributed by atoms with Gasteiger partial charge in [0.1, 0.15) is 11.5 Å². The Bertz CT molecular complexity index is 1410. The van der Waals surface area contributed by atoms with E-state index in [9.17, 15) is 9.59 Å². The SMILES string of the molecule is CC(Oc1ccc(Br)cc1)C(=O)NN=Cc1c(OC(=O)c2ccccc2Cl)ccc2ccccc12. The van der Waals surface area contributed by atoms with Gasteiger partial charge in [-0.2, -0.15) is 5.10 Å². The topological polar surface area (TPSA) is 77.0 Å². The number of hydrogen-bond acceptors (Lipinski definition) is 5. The molecular weight excluding hydrogens is 532 g/mol. The van der Waals surface area contributed by atoms with Crippen LogP contribution in [0, 0.1) is 0 Å². The van der Waals surface area contributed by atoms with E-state index < -0.39 is 18.0 Å². The molecule has 0 aliphatic carbocycles. The van der Waals surface area contributed by atoms with E-state index in [4.69, 9.17) is 21.1 Å². The van der Waals surface area contributed by atoms with E-state index in [1.165, 1.54) is 6.21 Å². The molecule has 4 aromatic carbocycles. The van der Waals surface area contributed by atoms with Crippen LogP contribution in [-0.2, 0) is 4.79 Å². The number of amides is 1. The van der Waals surface area contributed by atoms with Crippen LogP contribution in [0.5, 0.6) is 11.5 Å². The Kier molecular flexibility index (Phi) is 7.80. The number of nitrogens with one attached hydrogen (secondary N) is 1. The average Bonchev–Trinajstić information content (AvgIpc) is 2.86. The third-order valence-electron chi connectivity index (χ3n) is 5.09. The minimum atomic E-state index is -0.779. The minimum Gasteiger partial charge on any atom is -0.481 e. The maximum Gasteiger partial charge on any atom is 0.345 e. The monoisotopic (exact) mass is 550 g/mol. The maximum atomic E-state index is 12.7. The molecular formula is C27H20BrClN2O4. The van der Waals surface area contributed by atoms with Crippen LogP contribution in [-0.4, -0.2) is 24.2 Å². The number of carbonyl (C=O) groups is 2. The first-order chi connectivity index (χ1) is 16.9. The third kappa shape index (κ3) is 6.07. The number of fused-ring (bicyclic) bond motifs is 1. The van der Waals surface area contributed by atoms with E-state index in [2.05, 4.69) is 26.5 Å². The second-order valence-electron chi connectivity index (χ2n) is 7.52. The first kappa shape index (κ1) is 24.4. The standard InChI is InChI=1S/C27H20BrClN2O4/c1-17(34-20-13-11-19(28)12-14-20)26(32)31-30-16-23-21-7-3-2-6-18(21)10-15-25(23)35-27(33)22-8-4-5-9-24(22)29/h2-17H,1H3,(H,31,32). The van der Waals surface area contributed by atoms with Gasteiger partial charge in [0.25, 0.3) is 5.91 Å². The lowest BCUT2D eigenvalue weighted by molar-refractivity contribution is -0.127. The van der Waals surface area contributed by atoms with Crippen molar-refractivity contribution in [3.8, 4) is 11.5 Å². The lowest BCUT2D eigenvalue weighted by Crippen LogP contribution is -2.33. The molecule has 6 nitrogen and oxygen atoms in total. The molecule has 176 valence electrons. The van der Waals surface area contributed by atoms with Crippen molar-refractivity contribution < 1.29 is 19.1 Å². The summed E-state index contributed by atoms with van der Waals surface area (Å²) in [5.41, 5.74) is 3.26. The van der Waals surface area contributed by atoms with Gasteiger partial charge in [-0.15, -0.1) is 0 Å². The number of benzene rings is 4. The predicted octanol–water partition coefficient (Wildman–Crippen LogP) is 6.39. The van der Waals surface area contributed by atoms with E-state index in [-0.39, 0.29) is 11.3 Å². The van der Waals surface area contributed by atoms with Gasteiger partial charge in [-0.05, 0) is 60.2 Å². The number of esters is 1. The minimum absolute atomic E-state index is 0.248. The highest BCUT2D eigenvalue weighted by atomic mass is 79.9. The summed E-state index contributed by atoms with van der Waals surface area (Å²) in [5, 5.41) is 6.11. The number of hydrogen-bond donors (Lipinski definition) is 1. The van der Waals surface area contributed by atoms with Gasteiger partial charge < -0.3 is 9.47 Å². The molecule has 35 heavy (non-hydrogen) atoms. The summed E-state index contributed by atoms with van der Waals surface area (Å²) in [5.74, 6) is -0.187. The second-order valence-corrected chi connectivity index (χ2v) is 8.84. The summed E-state index contributed by atoms with van der Waals surface area (Å²) in [6, 6.07) is 24.9. The zero-order valence-electron chi connectivity index (χ0n) is 18.6. The largest absolute Gasteiger partial charge is 0.481 e. The molecule has 4 aromatic rings. The van der Waals surface area contributed by atoms with Crippen LogP contribution < -0.4 is 14.9 Å². The van der Waals surface area contributed by atoms with E-state index in [0.717, 1.165) is 15.2 Å². The molecule has 0 saturated heterocycles. The highest BCUT2D eigenvalue weighted by Crippen LogP contribution is 2.28. The molecule has 1 unspecified atom stereocenters. The molecule has 1 amide bonds. The summed E-state index contributed by atoms with van der Waals surface area (Å²) in [6.07, 6.45) is 0.667. The van der Waals surface area contributed by atoms with Crippen molar-refractivity contribution in [1.29, 1.82) is 0 Å². The van der Waals surface area contributed by atoms with Crippen molar-refractivity contribution >= 4 is 56.4 Å². The zero-order chi connectivity index (χ0) is 24.8. The Morgan fingerprint density at radius 1 is 0.971 bits per heavy atom. The van der Waals surface area contributed by atoms with E-state index in [1.807, 2.05) is 42.5 Å². The fraction of sp³-hybridized carbons (Fsp3) is 0.0741. The van der Waals surface area contributed by atoms with Crippen molar-refractivity contribution in [2.45, 2.75) is 13.0 Å². The van der Waals surface area contributed by atoms with Crippen molar-refractivity contribution in [3.63, 3.8) is 0 Å². The van der Waals surface area contributed by atoms with Gasteiger partial charge in [0.15, 0.2) is 6.10 Å². The molecule has 0 aliphatic heterocycles. The van der Waals surface area contributed by atoms with Crippen LogP contribution in [0.1, 0.15) is 22.8 Å². The van der Waals surface area contributed by atoms with Crippen molar-refractivity contribution in [1.82, 2.24) is 5.43 Å². The molecule has 0 heterocycles. The molecule has 0 radical (unpaired) electrons. The van der Waals surface area contributed by atoms with E-state index in [1.54, 1.807) is 49.4 Å². The number of carbonyl (C=O) groups excluding carboxylic acids is 2. The van der Waals surface area contributed by atoms with Crippen LogP contribution in [0.4, 0.5) is 0 Å². The first-order valence-electron chi connectivity index (χ1n) is 10.7. The van der Waals surface area contributed by atoms with Gasteiger partial charge in [-0.1, -0.05) is 70.0 Å². The first-order valence-corrected chi connectivity index (χ1v) is 11.8.